The zero-order chi connectivity index (χ0) is 10.7. The number of rotatable bonds is 3. The summed E-state index contributed by atoms with van der Waals surface area (Å²) in [5, 5.41) is 8.73. The minimum absolute atomic E-state index is 0.0658. The van der Waals surface area contributed by atoms with Crippen LogP contribution in [0.15, 0.2) is 30.5 Å². The van der Waals surface area contributed by atoms with E-state index in [1.807, 2.05) is 0 Å². The monoisotopic (exact) mass is 206 g/mol. The summed E-state index contributed by atoms with van der Waals surface area (Å²) in [5.74, 6) is 0.477. The topological polar surface area (TPSA) is 48.9 Å². The maximum atomic E-state index is 12.7. The second kappa shape index (κ2) is 4.23. The Morgan fingerprint density at radius 1 is 1.27 bits per heavy atom. The van der Waals surface area contributed by atoms with Crippen molar-refractivity contribution in [2.45, 2.75) is 6.42 Å². The first-order valence-corrected chi connectivity index (χ1v) is 4.70. The molecule has 2 N–H and O–H groups in total. The molecular weight excluding hydrogens is 195 g/mol. The highest BCUT2D eigenvalue weighted by atomic mass is 19.1. The van der Waals surface area contributed by atoms with Crippen molar-refractivity contribution >= 4 is 0 Å². The maximum absolute atomic E-state index is 12.7. The first-order chi connectivity index (χ1) is 7.29. The van der Waals surface area contributed by atoms with E-state index in [2.05, 4.69) is 9.97 Å². The number of aliphatic hydroxyl groups excluding tert-OH is 1. The minimum Gasteiger partial charge on any atom is -0.396 e. The molecule has 4 heteroatoms. The van der Waals surface area contributed by atoms with Crippen molar-refractivity contribution < 1.29 is 9.50 Å². The molecular formula is C11H11FN2O. The number of hydrogen-bond donors (Lipinski definition) is 2. The van der Waals surface area contributed by atoms with Gasteiger partial charge in [0.05, 0.1) is 18.5 Å². The van der Waals surface area contributed by atoms with Gasteiger partial charge < -0.3 is 10.1 Å². The predicted octanol–water partition coefficient (Wildman–Crippen LogP) is 1.75. The van der Waals surface area contributed by atoms with Crippen molar-refractivity contribution in [3.8, 4) is 11.3 Å². The second-order valence-electron chi connectivity index (χ2n) is 3.22. The van der Waals surface area contributed by atoms with Gasteiger partial charge in [0.1, 0.15) is 11.6 Å². The number of aliphatic hydroxyl groups is 1. The van der Waals surface area contributed by atoms with Crippen LogP contribution in [-0.4, -0.2) is 21.7 Å². The molecule has 0 aliphatic heterocycles. The standard InChI is InChI=1S/C11H11FN2O/c12-9-3-1-8(2-4-9)10-7-13-11(14-10)5-6-15/h1-4,7,15H,5-6H2,(H,13,14). The van der Waals surface area contributed by atoms with E-state index in [1.165, 1.54) is 12.1 Å². The van der Waals surface area contributed by atoms with Crippen LogP contribution >= 0.6 is 0 Å². The molecule has 1 aromatic heterocycles. The summed E-state index contributed by atoms with van der Waals surface area (Å²) in [7, 11) is 0. The zero-order valence-electron chi connectivity index (χ0n) is 8.07. The van der Waals surface area contributed by atoms with Crippen LogP contribution in [0.3, 0.4) is 0 Å². The highest BCUT2D eigenvalue weighted by Crippen LogP contribution is 2.17. The number of imidazole rings is 1. The molecule has 2 rings (SSSR count). The summed E-state index contributed by atoms with van der Waals surface area (Å²) in [5.41, 5.74) is 1.71. The Balaban J connectivity index is 2.25. The smallest absolute Gasteiger partial charge is 0.123 e. The van der Waals surface area contributed by atoms with Gasteiger partial charge >= 0.3 is 0 Å². The van der Waals surface area contributed by atoms with Gasteiger partial charge in [-0.1, -0.05) is 0 Å². The largest absolute Gasteiger partial charge is 0.396 e. The highest BCUT2D eigenvalue weighted by Gasteiger charge is 2.02. The summed E-state index contributed by atoms with van der Waals surface area (Å²) in [4.78, 5) is 7.15. The van der Waals surface area contributed by atoms with E-state index in [0.29, 0.717) is 6.42 Å². The minimum atomic E-state index is -0.256. The summed E-state index contributed by atoms with van der Waals surface area (Å²) < 4.78 is 12.7. The lowest BCUT2D eigenvalue weighted by molar-refractivity contribution is 0.297. The average molecular weight is 206 g/mol. The quantitative estimate of drug-likeness (QED) is 0.803. The molecule has 3 nitrogen and oxygen atoms in total. The molecule has 0 radical (unpaired) electrons. The Labute approximate surface area is 86.6 Å². The van der Waals surface area contributed by atoms with Gasteiger partial charge in [-0.25, -0.2) is 9.37 Å². The van der Waals surface area contributed by atoms with Crippen LogP contribution in [0, 0.1) is 5.82 Å². The Kier molecular flexibility index (Phi) is 2.78. The van der Waals surface area contributed by atoms with Crippen LogP contribution in [0.2, 0.25) is 0 Å². The number of hydrogen-bond acceptors (Lipinski definition) is 2. The highest BCUT2D eigenvalue weighted by molar-refractivity contribution is 5.58. The number of aromatic amines is 1. The van der Waals surface area contributed by atoms with Crippen molar-refractivity contribution in [2.75, 3.05) is 6.61 Å². The summed E-state index contributed by atoms with van der Waals surface area (Å²) in [6.07, 6.45) is 2.18. The van der Waals surface area contributed by atoms with E-state index in [-0.39, 0.29) is 12.4 Å². The van der Waals surface area contributed by atoms with Gasteiger partial charge in [-0.15, -0.1) is 0 Å². The summed E-state index contributed by atoms with van der Waals surface area (Å²) in [6, 6.07) is 6.18. The van der Waals surface area contributed by atoms with Gasteiger partial charge in [-0.3, -0.25) is 0 Å². The van der Waals surface area contributed by atoms with E-state index in [4.69, 9.17) is 5.11 Å². The molecule has 0 aliphatic rings. The molecule has 0 saturated heterocycles. The molecule has 0 spiro atoms. The Bertz CT molecular complexity index is 436. The second-order valence-corrected chi connectivity index (χ2v) is 3.22. The summed E-state index contributed by atoms with van der Waals surface area (Å²) >= 11 is 0. The number of halogens is 1. The van der Waals surface area contributed by atoms with Crippen LogP contribution in [0.25, 0.3) is 11.3 Å². The molecule has 0 unspecified atom stereocenters. The lowest BCUT2D eigenvalue weighted by Crippen LogP contribution is -1.92. The molecule has 2 aromatic rings. The fourth-order valence-electron chi connectivity index (χ4n) is 1.37. The van der Waals surface area contributed by atoms with E-state index in [0.717, 1.165) is 17.1 Å². The van der Waals surface area contributed by atoms with Crippen molar-refractivity contribution in [1.82, 2.24) is 9.97 Å². The van der Waals surface area contributed by atoms with E-state index in [1.54, 1.807) is 18.3 Å². The molecule has 0 saturated carbocycles. The van der Waals surface area contributed by atoms with Gasteiger partial charge in [0, 0.05) is 6.42 Å². The lowest BCUT2D eigenvalue weighted by atomic mass is 10.2. The third-order valence-corrected chi connectivity index (χ3v) is 2.13. The van der Waals surface area contributed by atoms with Gasteiger partial charge in [0.25, 0.3) is 0 Å². The molecule has 0 aliphatic carbocycles. The molecule has 1 aromatic carbocycles. The first-order valence-electron chi connectivity index (χ1n) is 4.70. The number of H-pyrrole nitrogens is 1. The van der Waals surface area contributed by atoms with Crippen molar-refractivity contribution in [2.24, 2.45) is 0 Å². The fraction of sp³-hybridized carbons (Fsp3) is 0.182. The van der Waals surface area contributed by atoms with Crippen LogP contribution in [0.4, 0.5) is 4.39 Å². The molecule has 0 fully saturated rings. The number of benzene rings is 1. The maximum Gasteiger partial charge on any atom is 0.123 e. The first kappa shape index (κ1) is 9.86. The number of nitrogens with zero attached hydrogens (tertiary/aromatic N) is 1. The molecule has 78 valence electrons. The summed E-state index contributed by atoms with van der Waals surface area (Å²) in [6.45, 7) is 0.0658. The van der Waals surface area contributed by atoms with Gasteiger partial charge in [0.2, 0.25) is 0 Å². The lowest BCUT2D eigenvalue weighted by Gasteiger charge is -1.96. The Hall–Kier alpha value is -1.68. The third-order valence-electron chi connectivity index (χ3n) is 2.13. The molecule has 0 bridgehead atoms. The van der Waals surface area contributed by atoms with Crippen LogP contribution in [0.5, 0.6) is 0 Å². The molecule has 0 atom stereocenters. The Morgan fingerprint density at radius 2 is 2.00 bits per heavy atom. The SMILES string of the molecule is OCCc1ncc(-c2ccc(F)cc2)[nH]1. The normalized spacial score (nSPS) is 10.5. The van der Waals surface area contributed by atoms with Crippen molar-refractivity contribution in [1.29, 1.82) is 0 Å². The van der Waals surface area contributed by atoms with Gasteiger partial charge in [-0.05, 0) is 29.8 Å². The van der Waals surface area contributed by atoms with Crippen LogP contribution in [-0.2, 0) is 6.42 Å². The number of aromatic nitrogens is 2. The van der Waals surface area contributed by atoms with Crippen LogP contribution in [0.1, 0.15) is 5.82 Å². The third kappa shape index (κ3) is 2.22. The van der Waals surface area contributed by atoms with Gasteiger partial charge in [-0.2, -0.15) is 0 Å². The van der Waals surface area contributed by atoms with Crippen molar-refractivity contribution in [3.63, 3.8) is 0 Å². The molecule has 15 heavy (non-hydrogen) atoms. The molecule has 1 heterocycles. The Morgan fingerprint density at radius 3 is 2.67 bits per heavy atom. The van der Waals surface area contributed by atoms with E-state index < -0.39 is 0 Å². The predicted molar refractivity (Wildman–Crippen MR) is 54.8 cm³/mol. The van der Waals surface area contributed by atoms with E-state index in [9.17, 15) is 4.39 Å². The fourth-order valence-corrected chi connectivity index (χ4v) is 1.37. The zero-order valence-corrected chi connectivity index (χ0v) is 8.07. The molecule has 0 amide bonds. The van der Waals surface area contributed by atoms with Gasteiger partial charge in [0.15, 0.2) is 0 Å². The van der Waals surface area contributed by atoms with Crippen molar-refractivity contribution in [3.05, 3.63) is 42.1 Å². The van der Waals surface area contributed by atoms with E-state index >= 15 is 0 Å². The average Bonchev–Trinajstić information content (AvgIpc) is 2.68. The number of nitrogens with one attached hydrogen (secondary N) is 1. The van der Waals surface area contributed by atoms with Crippen LogP contribution < -0.4 is 0 Å².